The second-order valence-corrected chi connectivity index (χ2v) is 6.62. The molecule has 0 unspecified atom stereocenters. The van der Waals surface area contributed by atoms with Gasteiger partial charge in [0.05, 0.1) is 6.04 Å². The molecule has 0 spiro atoms. The first-order valence-electron chi connectivity index (χ1n) is 7.63. The minimum absolute atomic E-state index is 0.00595. The van der Waals surface area contributed by atoms with Gasteiger partial charge in [-0.1, -0.05) is 42.0 Å². The van der Waals surface area contributed by atoms with Gasteiger partial charge in [0.1, 0.15) is 5.82 Å². The fourth-order valence-corrected chi connectivity index (χ4v) is 4.16. The van der Waals surface area contributed by atoms with Crippen LogP contribution in [0.5, 0.6) is 0 Å². The second-order valence-electron chi connectivity index (χ2n) is 6.18. The summed E-state index contributed by atoms with van der Waals surface area (Å²) < 4.78 is 14.3. The first-order valence-corrected chi connectivity index (χ1v) is 8.00. The molecule has 22 heavy (non-hydrogen) atoms. The van der Waals surface area contributed by atoms with Crippen LogP contribution in [0.2, 0.25) is 5.02 Å². The summed E-state index contributed by atoms with van der Waals surface area (Å²) >= 11 is 6.24. The number of fused-ring (bicyclic) bond motifs is 3. The van der Waals surface area contributed by atoms with E-state index in [1.54, 1.807) is 12.1 Å². The summed E-state index contributed by atoms with van der Waals surface area (Å²) in [6.07, 6.45) is 5.41. The molecule has 3 atom stereocenters. The van der Waals surface area contributed by atoms with E-state index < -0.39 is 0 Å². The van der Waals surface area contributed by atoms with E-state index in [0.717, 1.165) is 28.3 Å². The molecule has 0 radical (unpaired) electrons. The van der Waals surface area contributed by atoms with Crippen LogP contribution in [0.1, 0.15) is 35.1 Å². The van der Waals surface area contributed by atoms with Crippen molar-refractivity contribution in [1.82, 2.24) is 0 Å². The Morgan fingerprint density at radius 1 is 1.18 bits per heavy atom. The molecule has 1 heterocycles. The maximum Gasteiger partial charge on any atom is 0.128 e. The highest BCUT2D eigenvalue weighted by atomic mass is 35.5. The monoisotopic (exact) mass is 313 g/mol. The van der Waals surface area contributed by atoms with Crippen LogP contribution in [0.25, 0.3) is 0 Å². The molecule has 3 heteroatoms. The maximum atomic E-state index is 14.3. The van der Waals surface area contributed by atoms with Crippen molar-refractivity contribution in [3.05, 3.63) is 76.1 Å². The second kappa shape index (κ2) is 5.13. The molecule has 1 nitrogen and oxygen atoms in total. The number of allylic oxidation sites excluding steroid dienone is 2. The highest BCUT2D eigenvalue weighted by Crippen LogP contribution is 2.51. The third-order valence-corrected chi connectivity index (χ3v) is 5.09. The van der Waals surface area contributed by atoms with Crippen LogP contribution < -0.4 is 5.32 Å². The first kappa shape index (κ1) is 13.8. The van der Waals surface area contributed by atoms with Crippen LogP contribution in [0.4, 0.5) is 10.1 Å². The van der Waals surface area contributed by atoms with Crippen molar-refractivity contribution in [2.75, 3.05) is 5.32 Å². The SMILES string of the molecule is Cc1cc(Cl)cc2c1N[C@H](c1ccccc1F)[C@@H]1CC=C[C@H]21. The van der Waals surface area contributed by atoms with Crippen molar-refractivity contribution in [3.8, 4) is 0 Å². The lowest BCUT2D eigenvalue weighted by Gasteiger charge is -2.38. The fraction of sp³-hybridized carbons (Fsp3) is 0.263. The van der Waals surface area contributed by atoms with Crippen molar-refractivity contribution in [3.63, 3.8) is 0 Å². The predicted octanol–water partition coefficient (Wildman–Crippen LogP) is 5.61. The van der Waals surface area contributed by atoms with Gasteiger partial charge in [-0.05, 0) is 48.6 Å². The number of nitrogens with one attached hydrogen (secondary N) is 1. The number of halogens is 2. The normalized spacial score (nSPS) is 25.5. The molecule has 0 saturated heterocycles. The molecular weight excluding hydrogens is 297 g/mol. The third kappa shape index (κ3) is 2.05. The summed E-state index contributed by atoms with van der Waals surface area (Å²) in [7, 11) is 0. The summed E-state index contributed by atoms with van der Waals surface area (Å²) in [5.41, 5.74) is 4.20. The smallest absolute Gasteiger partial charge is 0.128 e. The van der Waals surface area contributed by atoms with E-state index >= 15 is 0 Å². The van der Waals surface area contributed by atoms with E-state index in [1.807, 2.05) is 24.3 Å². The van der Waals surface area contributed by atoms with Gasteiger partial charge in [0.25, 0.3) is 0 Å². The van der Waals surface area contributed by atoms with Crippen molar-refractivity contribution < 1.29 is 4.39 Å². The van der Waals surface area contributed by atoms with Crippen LogP contribution in [-0.4, -0.2) is 0 Å². The fourth-order valence-electron chi connectivity index (χ4n) is 3.88. The Morgan fingerprint density at radius 3 is 2.82 bits per heavy atom. The lowest BCUT2D eigenvalue weighted by atomic mass is 9.76. The standard InChI is InChI=1S/C19H17ClFN/c1-11-9-12(20)10-16-13-6-4-7-14(13)19(22-18(11)16)15-5-2-3-8-17(15)21/h2-6,8-10,13-14,19,22H,7H2,1H3/t13-,14+,19-/m0/s1. The zero-order chi connectivity index (χ0) is 15.3. The molecule has 1 aliphatic carbocycles. The highest BCUT2D eigenvalue weighted by Gasteiger charge is 2.39. The average Bonchev–Trinajstić information content (AvgIpc) is 2.97. The van der Waals surface area contributed by atoms with Crippen molar-refractivity contribution in [1.29, 1.82) is 0 Å². The Balaban J connectivity index is 1.86. The van der Waals surface area contributed by atoms with Gasteiger partial charge in [0.2, 0.25) is 0 Å². The summed E-state index contributed by atoms with van der Waals surface area (Å²) in [6.45, 7) is 2.05. The van der Waals surface area contributed by atoms with Gasteiger partial charge in [-0.3, -0.25) is 0 Å². The molecular formula is C19H17ClFN. The molecule has 4 rings (SSSR count). The molecule has 0 saturated carbocycles. The van der Waals surface area contributed by atoms with Crippen LogP contribution in [-0.2, 0) is 0 Å². The number of hydrogen-bond acceptors (Lipinski definition) is 1. The molecule has 2 aromatic rings. The summed E-state index contributed by atoms with van der Waals surface area (Å²) in [6, 6.07) is 11.1. The van der Waals surface area contributed by atoms with Gasteiger partial charge in [0, 0.05) is 22.2 Å². The maximum absolute atomic E-state index is 14.3. The molecule has 112 valence electrons. The number of rotatable bonds is 1. The van der Waals surface area contributed by atoms with Gasteiger partial charge in [-0.2, -0.15) is 0 Å². The van der Waals surface area contributed by atoms with E-state index in [1.165, 1.54) is 5.56 Å². The van der Waals surface area contributed by atoms with Gasteiger partial charge in [-0.25, -0.2) is 4.39 Å². The lowest BCUT2D eigenvalue weighted by Crippen LogP contribution is -2.30. The van der Waals surface area contributed by atoms with Crippen molar-refractivity contribution >= 4 is 17.3 Å². The average molecular weight is 314 g/mol. The van der Waals surface area contributed by atoms with Gasteiger partial charge < -0.3 is 5.32 Å². The number of aryl methyl sites for hydroxylation is 1. The number of hydrogen-bond donors (Lipinski definition) is 1. The Kier molecular flexibility index (Phi) is 3.23. The molecule has 0 amide bonds. The van der Waals surface area contributed by atoms with Crippen LogP contribution >= 0.6 is 11.6 Å². The molecule has 1 N–H and O–H groups in total. The minimum atomic E-state index is -0.138. The van der Waals surface area contributed by atoms with Crippen LogP contribution in [0.3, 0.4) is 0 Å². The Bertz CT molecular complexity index is 768. The summed E-state index contributed by atoms with van der Waals surface area (Å²) in [5.74, 6) is 0.501. The molecule has 0 fully saturated rings. The molecule has 2 aliphatic rings. The van der Waals surface area contributed by atoms with E-state index in [9.17, 15) is 4.39 Å². The summed E-state index contributed by atoms with van der Waals surface area (Å²) in [5, 5.41) is 4.35. The topological polar surface area (TPSA) is 12.0 Å². The van der Waals surface area contributed by atoms with Gasteiger partial charge in [-0.15, -0.1) is 0 Å². The van der Waals surface area contributed by atoms with E-state index in [-0.39, 0.29) is 11.9 Å². The van der Waals surface area contributed by atoms with Crippen molar-refractivity contribution in [2.24, 2.45) is 5.92 Å². The molecule has 0 aromatic heterocycles. The zero-order valence-corrected chi connectivity index (χ0v) is 13.1. The van der Waals surface area contributed by atoms with Crippen LogP contribution in [0.15, 0.2) is 48.6 Å². The molecule has 0 bridgehead atoms. The zero-order valence-electron chi connectivity index (χ0n) is 12.3. The van der Waals surface area contributed by atoms with Crippen molar-refractivity contribution in [2.45, 2.75) is 25.3 Å². The van der Waals surface area contributed by atoms with Crippen LogP contribution in [0, 0.1) is 18.7 Å². The van der Waals surface area contributed by atoms with E-state index in [4.69, 9.17) is 11.6 Å². The third-order valence-electron chi connectivity index (χ3n) is 4.87. The highest BCUT2D eigenvalue weighted by molar-refractivity contribution is 6.30. The first-order chi connectivity index (χ1) is 10.6. The largest absolute Gasteiger partial charge is 0.377 e. The minimum Gasteiger partial charge on any atom is -0.377 e. The quantitative estimate of drug-likeness (QED) is 0.674. The Hall–Kier alpha value is -1.80. The summed E-state index contributed by atoms with van der Waals surface area (Å²) in [4.78, 5) is 0. The lowest BCUT2D eigenvalue weighted by molar-refractivity contribution is 0.413. The van der Waals surface area contributed by atoms with Gasteiger partial charge in [0.15, 0.2) is 0 Å². The van der Waals surface area contributed by atoms with E-state index in [2.05, 4.69) is 24.4 Å². The molecule has 1 aliphatic heterocycles. The predicted molar refractivity (Wildman–Crippen MR) is 88.9 cm³/mol. The Morgan fingerprint density at radius 2 is 2.00 bits per heavy atom. The van der Waals surface area contributed by atoms with E-state index in [0.29, 0.717) is 11.8 Å². The number of benzene rings is 2. The number of anilines is 1. The Labute approximate surface area is 134 Å². The molecule has 2 aromatic carbocycles. The van der Waals surface area contributed by atoms with Gasteiger partial charge >= 0.3 is 0 Å².